The molecule has 0 saturated carbocycles. The van der Waals surface area contributed by atoms with E-state index < -0.39 is 17.6 Å². The van der Waals surface area contributed by atoms with E-state index in [4.69, 9.17) is 0 Å². The summed E-state index contributed by atoms with van der Waals surface area (Å²) in [6.45, 7) is 3.03. The van der Waals surface area contributed by atoms with E-state index in [9.17, 15) is 18.0 Å². The molecule has 0 radical (unpaired) electrons. The van der Waals surface area contributed by atoms with Crippen molar-refractivity contribution in [2.45, 2.75) is 25.3 Å². The average Bonchev–Trinajstić information content (AvgIpc) is 2.38. The van der Waals surface area contributed by atoms with Gasteiger partial charge >= 0.3 is 6.18 Å². The second kappa shape index (κ2) is 4.37. The van der Waals surface area contributed by atoms with Crippen molar-refractivity contribution in [2.24, 2.45) is 0 Å². The maximum atomic E-state index is 13.0. The number of fused-ring (bicyclic) bond motifs is 3. The van der Waals surface area contributed by atoms with Gasteiger partial charge in [0.15, 0.2) is 0 Å². The van der Waals surface area contributed by atoms with Crippen LogP contribution in [0.1, 0.15) is 22.8 Å². The summed E-state index contributed by atoms with van der Waals surface area (Å²) in [6, 6.07) is 4.03. The predicted octanol–water partition coefficient (Wildman–Crippen LogP) is 1.57. The van der Waals surface area contributed by atoms with Gasteiger partial charge in [0.25, 0.3) is 5.91 Å². The Balaban J connectivity index is 2.12. The lowest BCUT2D eigenvalue weighted by molar-refractivity contribution is -0.137. The molecule has 1 fully saturated rings. The fraction of sp³-hybridized carbons (Fsp3) is 0.462. The van der Waals surface area contributed by atoms with Crippen LogP contribution in [0.5, 0.6) is 0 Å². The van der Waals surface area contributed by atoms with E-state index >= 15 is 0 Å². The Morgan fingerprint density at radius 1 is 1.35 bits per heavy atom. The molecule has 1 aromatic rings. The molecule has 0 aromatic heterocycles. The molecule has 1 saturated heterocycles. The smallest absolute Gasteiger partial charge is 0.348 e. The molecule has 0 aliphatic carbocycles. The lowest BCUT2D eigenvalue weighted by Crippen LogP contribution is -2.64. The summed E-state index contributed by atoms with van der Waals surface area (Å²) in [5.41, 5.74) is -0.788. The molecular formula is C13H14F3N3O. The molecule has 0 spiro atoms. The number of anilines is 1. The molecule has 108 valence electrons. The van der Waals surface area contributed by atoms with E-state index in [1.54, 1.807) is 6.07 Å². The van der Waals surface area contributed by atoms with Crippen LogP contribution < -0.4 is 15.5 Å². The largest absolute Gasteiger partial charge is 0.417 e. The van der Waals surface area contributed by atoms with Gasteiger partial charge in [-0.2, -0.15) is 13.2 Å². The monoisotopic (exact) mass is 285 g/mol. The van der Waals surface area contributed by atoms with E-state index in [-0.39, 0.29) is 17.8 Å². The first kappa shape index (κ1) is 13.2. The van der Waals surface area contributed by atoms with Crippen molar-refractivity contribution in [1.29, 1.82) is 0 Å². The standard InChI is InChI=1S/C13H14F3N3O/c1-7-6-19-9-4-2-3-8(13(14,15)16)11(9)12(20)18-10(19)5-17-7/h2-4,7,10,17H,5-6H2,1H3,(H,18,20)/t7-,10+/m1/s1. The number of amides is 1. The summed E-state index contributed by atoms with van der Waals surface area (Å²) in [5.74, 6) is -0.662. The van der Waals surface area contributed by atoms with Crippen molar-refractivity contribution in [2.75, 3.05) is 18.0 Å². The Hall–Kier alpha value is -1.76. The van der Waals surface area contributed by atoms with Gasteiger partial charge in [-0.25, -0.2) is 0 Å². The number of benzene rings is 1. The third kappa shape index (κ3) is 2.02. The van der Waals surface area contributed by atoms with Gasteiger partial charge in [-0.05, 0) is 19.1 Å². The lowest BCUT2D eigenvalue weighted by Gasteiger charge is -2.45. The molecule has 1 amide bonds. The summed E-state index contributed by atoms with van der Waals surface area (Å²) in [5, 5.41) is 5.83. The Bertz CT molecular complexity index is 558. The van der Waals surface area contributed by atoms with Crippen LogP contribution in [0.3, 0.4) is 0 Å². The number of alkyl halides is 3. The van der Waals surface area contributed by atoms with Gasteiger partial charge in [0.1, 0.15) is 6.17 Å². The summed E-state index contributed by atoms with van der Waals surface area (Å²) >= 11 is 0. The number of halogens is 3. The number of rotatable bonds is 0. The van der Waals surface area contributed by atoms with Gasteiger partial charge in [-0.3, -0.25) is 4.79 Å². The van der Waals surface area contributed by atoms with Crippen molar-refractivity contribution < 1.29 is 18.0 Å². The number of nitrogens with zero attached hydrogens (tertiary/aromatic N) is 1. The minimum absolute atomic E-state index is 0.156. The van der Waals surface area contributed by atoms with Gasteiger partial charge in [-0.1, -0.05) is 6.07 Å². The topological polar surface area (TPSA) is 44.4 Å². The highest BCUT2D eigenvalue weighted by Gasteiger charge is 2.41. The summed E-state index contributed by atoms with van der Waals surface area (Å²) in [6.07, 6.45) is -4.83. The van der Waals surface area contributed by atoms with Crippen LogP contribution in [0.15, 0.2) is 18.2 Å². The highest BCUT2D eigenvalue weighted by molar-refractivity contribution is 6.03. The highest BCUT2D eigenvalue weighted by atomic mass is 19.4. The SMILES string of the molecule is C[C@@H]1CN2c3cccc(C(F)(F)F)c3C(=O)N[C@@H]2CN1. The maximum Gasteiger partial charge on any atom is 0.417 e. The van der Waals surface area contributed by atoms with Gasteiger partial charge in [0.05, 0.1) is 16.8 Å². The second-order valence-electron chi connectivity index (χ2n) is 5.15. The first-order chi connectivity index (χ1) is 9.38. The summed E-state index contributed by atoms with van der Waals surface area (Å²) < 4.78 is 39.1. The third-order valence-electron chi connectivity index (χ3n) is 3.69. The van der Waals surface area contributed by atoms with Crippen LogP contribution in [0, 0.1) is 0 Å². The number of nitrogens with one attached hydrogen (secondary N) is 2. The van der Waals surface area contributed by atoms with Crippen molar-refractivity contribution in [3.63, 3.8) is 0 Å². The Morgan fingerprint density at radius 3 is 2.80 bits per heavy atom. The Kier molecular flexibility index (Phi) is 2.89. The molecule has 0 unspecified atom stereocenters. The van der Waals surface area contributed by atoms with E-state index in [1.807, 2.05) is 11.8 Å². The van der Waals surface area contributed by atoms with Crippen molar-refractivity contribution in [1.82, 2.24) is 10.6 Å². The fourth-order valence-corrected chi connectivity index (χ4v) is 2.78. The highest BCUT2D eigenvalue weighted by Crippen LogP contribution is 2.38. The fourth-order valence-electron chi connectivity index (χ4n) is 2.78. The molecular weight excluding hydrogens is 271 g/mol. The van der Waals surface area contributed by atoms with Gasteiger partial charge in [0.2, 0.25) is 0 Å². The first-order valence-corrected chi connectivity index (χ1v) is 6.39. The maximum absolute atomic E-state index is 13.0. The molecule has 3 rings (SSSR count). The zero-order valence-corrected chi connectivity index (χ0v) is 10.8. The van der Waals surface area contributed by atoms with Crippen LogP contribution in [0.25, 0.3) is 0 Å². The average molecular weight is 285 g/mol. The molecule has 4 nitrogen and oxygen atoms in total. The Morgan fingerprint density at radius 2 is 2.10 bits per heavy atom. The van der Waals surface area contributed by atoms with Crippen LogP contribution in [0.4, 0.5) is 18.9 Å². The normalized spacial score (nSPS) is 25.8. The third-order valence-corrected chi connectivity index (χ3v) is 3.69. The quantitative estimate of drug-likeness (QED) is 0.760. The number of carbonyl (C=O) groups is 1. The minimum atomic E-state index is -4.53. The predicted molar refractivity (Wildman–Crippen MR) is 67.5 cm³/mol. The lowest BCUT2D eigenvalue weighted by atomic mass is 9.98. The molecule has 2 aliphatic rings. The van der Waals surface area contributed by atoms with Gasteiger partial charge in [-0.15, -0.1) is 0 Å². The summed E-state index contributed by atoms with van der Waals surface area (Å²) in [7, 11) is 0. The first-order valence-electron chi connectivity index (χ1n) is 6.39. The van der Waals surface area contributed by atoms with Crippen LogP contribution in [0.2, 0.25) is 0 Å². The molecule has 20 heavy (non-hydrogen) atoms. The Labute approximate surface area is 113 Å². The number of hydrogen-bond donors (Lipinski definition) is 2. The molecule has 2 heterocycles. The number of carbonyl (C=O) groups excluding carboxylic acids is 1. The molecule has 7 heteroatoms. The van der Waals surface area contributed by atoms with Crippen molar-refractivity contribution in [3.8, 4) is 0 Å². The van der Waals surface area contributed by atoms with Crippen LogP contribution in [-0.4, -0.2) is 31.2 Å². The van der Waals surface area contributed by atoms with E-state index in [0.29, 0.717) is 18.8 Å². The van der Waals surface area contributed by atoms with Crippen molar-refractivity contribution >= 4 is 11.6 Å². The zero-order chi connectivity index (χ0) is 14.5. The molecule has 2 N–H and O–H groups in total. The minimum Gasteiger partial charge on any atom is -0.348 e. The number of hydrogen-bond acceptors (Lipinski definition) is 3. The molecule has 2 aliphatic heterocycles. The molecule has 0 bridgehead atoms. The second-order valence-corrected chi connectivity index (χ2v) is 5.15. The van der Waals surface area contributed by atoms with E-state index in [0.717, 1.165) is 6.07 Å². The zero-order valence-electron chi connectivity index (χ0n) is 10.8. The van der Waals surface area contributed by atoms with E-state index in [1.165, 1.54) is 6.07 Å². The van der Waals surface area contributed by atoms with Crippen LogP contribution >= 0.6 is 0 Å². The van der Waals surface area contributed by atoms with Gasteiger partial charge in [0, 0.05) is 19.1 Å². The van der Waals surface area contributed by atoms with Crippen molar-refractivity contribution in [3.05, 3.63) is 29.3 Å². The summed E-state index contributed by atoms with van der Waals surface area (Å²) in [4.78, 5) is 13.9. The molecule has 2 atom stereocenters. The number of piperazine rings is 1. The van der Waals surface area contributed by atoms with E-state index in [2.05, 4.69) is 10.6 Å². The van der Waals surface area contributed by atoms with Gasteiger partial charge < -0.3 is 15.5 Å². The van der Waals surface area contributed by atoms with Crippen LogP contribution in [-0.2, 0) is 6.18 Å². The molecule has 1 aromatic carbocycles.